The van der Waals surface area contributed by atoms with Crippen molar-refractivity contribution >= 4 is 0 Å². The first-order chi connectivity index (χ1) is 14.0. The fourth-order valence-corrected chi connectivity index (χ4v) is 3.33. The summed E-state index contributed by atoms with van der Waals surface area (Å²) in [6.45, 7) is 5.76. The van der Waals surface area contributed by atoms with Crippen molar-refractivity contribution in [1.29, 1.82) is 0 Å². The number of hydrogen-bond donors (Lipinski definition) is 0. The van der Waals surface area contributed by atoms with Gasteiger partial charge in [0.15, 0.2) is 0 Å². The number of ether oxygens (including phenoxy) is 1. The second-order valence-electron chi connectivity index (χ2n) is 7.69. The number of nitrogens with zero attached hydrogens (tertiary/aromatic N) is 3. The Hall–Kier alpha value is -2.79. The van der Waals surface area contributed by atoms with Gasteiger partial charge in [0, 0.05) is 18.9 Å². The van der Waals surface area contributed by atoms with E-state index in [-0.39, 0.29) is 5.69 Å². The zero-order valence-corrected chi connectivity index (χ0v) is 17.9. The molecule has 0 fully saturated rings. The van der Waals surface area contributed by atoms with Crippen LogP contribution < -0.4 is 10.4 Å². The third-order valence-corrected chi connectivity index (χ3v) is 5.04. The molecule has 2 aromatic carbocycles. The molecule has 0 saturated carbocycles. The van der Waals surface area contributed by atoms with Gasteiger partial charge in [-0.3, -0.25) is 9.13 Å². The van der Waals surface area contributed by atoms with Gasteiger partial charge in [-0.25, -0.2) is 4.79 Å². The summed E-state index contributed by atoms with van der Waals surface area (Å²) in [6.07, 6.45) is 7.09. The molecule has 0 aliphatic carbocycles. The van der Waals surface area contributed by atoms with E-state index in [1.54, 1.807) is 9.13 Å². The average Bonchev–Trinajstić information content (AvgIpc) is 3.08. The fraction of sp³-hybridized carbons (Fsp3) is 0.375. The molecule has 0 saturated heterocycles. The molecule has 3 aromatic rings. The van der Waals surface area contributed by atoms with Crippen molar-refractivity contribution in [2.24, 2.45) is 0 Å². The van der Waals surface area contributed by atoms with Gasteiger partial charge in [0.05, 0.1) is 11.4 Å². The van der Waals surface area contributed by atoms with E-state index in [4.69, 9.17) is 4.74 Å². The number of likely N-dealkylation sites (N-methyl/N-ethyl adjacent to an activating group) is 1. The van der Waals surface area contributed by atoms with Gasteiger partial charge >= 0.3 is 5.69 Å². The third kappa shape index (κ3) is 5.18. The zero-order chi connectivity index (χ0) is 20.8. The molecule has 154 valence electrons. The van der Waals surface area contributed by atoms with E-state index in [2.05, 4.69) is 30.9 Å². The maximum Gasteiger partial charge on any atom is 0.337 e. The van der Waals surface area contributed by atoms with E-state index in [0.29, 0.717) is 6.61 Å². The van der Waals surface area contributed by atoms with E-state index in [1.807, 2.05) is 56.8 Å². The Balaban J connectivity index is 1.78. The van der Waals surface area contributed by atoms with Crippen molar-refractivity contribution in [2.45, 2.75) is 33.1 Å². The van der Waals surface area contributed by atoms with Crippen LogP contribution in [-0.4, -0.2) is 41.3 Å². The SMILES string of the molecule is CCCCc1ccc(-n2ccn(-c3ccc(OCCN(C)C)cc3)c2=O)c(C)c1. The van der Waals surface area contributed by atoms with Crippen LogP contribution in [0.2, 0.25) is 0 Å². The second-order valence-corrected chi connectivity index (χ2v) is 7.69. The molecule has 1 aromatic heterocycles. The zero-order valence-electron chi connectivity index (χ0n) is 17.9. The van der Waals surface area contributed by atoms with E-state index < -0.39 is 0 Å². The van der Waals surface area contributed by atoms with Crippen LogP contribution in [0.1, 0.15) is 30.9 Å². The molecule has 0 atom stereocenters. The van der Waals surface area contributed by atoms with Crippen LogP contribution in [0.3, 0.4) is 0 Å². The Kier molecular flexibility index (Phi) is 6.94. The largest absolute Gasteiger partial charge is 0.492 e. The minimum Gasteiger partial charge on any atom is -0.492 e. The Labute approximate surface area is 173 Å². The van der Waals surface area contributed by atoms with E-state index in [0.717, 1.165) is 35.7 Å². The summed E-state index contributed by atoms with van der Waals surface area (Å²) >= 11 is 0. The standard InChI is InChI=1S/C24H31N3O2/c1-5-6-7-20-8-13-23(19(2)18-20)27-15-14-26(24(27)28)21-9-11-22(12-10-21)29-17-16-25(3)4/h8-15,18H,5-7,16-17H2,1-4H3. The van der Waals surface area contributed by atoms with Gasteiger partial charge in [0.2, 0.25) is 0 Å². The van der Waals surface area contributed by atoms with Gasteiger partial charge in [-0.15, -0.1) is 0 Å². The molecule has 5 nitrogen and oxygen atoms in total. The lowest BCUT2D eigenvalue weighted by atomic mass is 10.0. The molecular formula is C24H31N3O2. The highest BCUT2D eigenvalue weighted by molar-refractivity contribution is 5.44. The molecule has 0 amide bonds. The van der Waals surface area contributed by atoms with Crippen molar-refractivity contribution in [2.75, 3.05) is 27.2 Å². The molecule has 0 N–H and O–H groups in total. The lowest BCUT2D eigenvalue weighted by Crippen LogP contribution is -2.22. The molecule has 29 heavy (non-hydrogen) atoms. The van der Waals surface area contributed by atoms with Crippen LogP contribution in [0.25, 0.3) is 11.4 Å². The van der Waals surface area contributed by atoms with Gasteiger partial charge in [-0.1, -0.05) is 25.5 Å². The number of unbranched alkanes of at least 4 members (excludes halogenated alkanes) is 1. The Morgan fingerprint density at radius 2 is 1.72 bits per heavy atom. The topological polar surface area (TPSA) is 39.4 Å². The van der Waals surface area contributed by atoms with E-state index in [1.165, 1.54) is 18.4 Å². The molecule has 0 bridgehead atoms. The highest BCUT2D eigenvalue weighted by atomic mass is 16.5. The first kappa shape index (κ1) is 20.9. The van der Waals surface area contributed by atoms with E-state index in [9.17, 15) is 4.79 Å². The number of aryl methyl sites for hydroxylation is 2. The maximum absolute atomic E-state index is 13.0. The van der Waals surface area contributed by atoms with Gasteiger partial charge in [-0.2, -0.15) is 0 Å². The Morgan fingerprint density at radius 3 is 2.38 bits per heavy atom. The summed E-state index contributed by atoms with van der Waals surface area (Å²) in [5.41, 5.74) is 4.12. The number of benzene rings is 2. The lowest BCUT2D eigenvalue weighted by molar-refractivity contribution is 0.261. The van der Waals surface area contributed by atoms with Crippen molar-refractivity contribution < 1.29 is 4.74 Å². The smallest absolute Gasteiger partial charge is 0.337 e. The van der Waals surface area contributed by atoms with Crippen molar-refractivity contribution in [1.82, 2.24) is 14.0 Å². The van der Waals surface area contributed by atoms with Crippen LogP contribution in [0.5, 0.6) is 5.75 Å². The first-order valence-corrected chi connectivity index (χ1v) is 10.3. The minimum atomic E-state index is -0.0734. The van der Waals surface area contributed by atoms with Crippen LogP contribution in [0.4, 0.5) is 0 Å². The van der Waals surface area contributed by atoms with Crippen molar-refractivity contribution in [3.05, 3.63) is 76.5 Å². The minimum absolute atomic E-state index is 0.0734. The van der Waals surface area contributed by atoms with Gasteiger partial charge < -0.3 is 9.64 Å². The summed E-state index contributed by atoms with van der Waals surface area (Å²) in [5.74, 6) is 0.807. The highest BCUT2D eigenvalue weighted by Crippen LogP contribution is 2.18. The van der Waals surface area contributed by atoms with Gasteiger partial charge in [0.1, 0.15) is 12.4 Å². The molecule has 0 radical (unpaired) electrons. The lowest BCUT2D eigenvalue weighted by Gasteiger charge is -2.11. The number of aromatic nitrogens is 2. The molecule has 3 rings (SSSR count). The quantitative estimate of drug-likeness (QED) is 0.546. The van der Waals surface area contributed by atoms with Crippen LogP contribution in [0, 0.1) is 6.92 Å². The number of imidazole rings is 1. The molecule has 0 aliphatic heterocycles. The Morgan fingerprint density at radius 1 is 1.00 bits per heavy atom. The maximum atomic E-state index is 13.0. The second kappa shape index (κ2) is 9.61. The molecule has 1 heterocycles. The van der Waals surface area contributed by atoms with Gasteiger partial charge in [0.25, 0.3) is 0 Å². The summed E-state index contributed by atoms with van der Waals surface area (Å²) in [4.78, 5) is 15.1. The third-order valence-electron chi connectivity index (χ3n) is 5.04. The Bertz CT molecular complexity index is 984. The molecular weight excluding hydrogens is 362 g/mol. The van der Waals surface area contributed by atoms with Crippen LogP contribution in [0.15, 0.2) is 59.7 Å². The predicted molar refractivity (Wildman–Crippen MR) is 119 cm³/mol. The molecule has 5 heteroatoms. The van der Waals surface area contributed by atoms with Crippen molar-refractivity contribution in [3.8, 4) is 17.1 Å². The first-order valence-electron chi connectivity index (χ1n) is 10.3. The summed E-state index contributed by atoms with van der Waals surface area (Å²) in [7, 11) is 4.04. The summed E-state index contributed by atoms with van der Waals surface area (Å²) in [5, 5.41) is 0. The predicted octanol–water partition coefficient (Wildman–Crippen LogP) is 4.22. The monoisotopic (exact) mass is 393 g/mol. The molecule has 0 spiro atoms. The number of rotatable bonds is 9. The summed E-state index contributed by atoms with van der Waals surface area (Å²) in [6, 6.07) is 14.0. The summed E-state index contributed by atoms with van der Waals surface area (Å²) < 4.78 is 9.10. The fourth-order valence-electron chi connectivity index (χ4n) is 3.33. The highest BCUT2D eigenvalue weighted by Gasteiger charge is 2.10. The van der Waals surface area contributed by atoms with Gasteiger partial charge in [-0.05, 0) is 75.3 Å². The van der Waals surface area contributed by atoms with Crippen molar-refractivity contribution in [3.63, 3.8) is 0 Å². The average molecular weight is 394 g/mol. The molecule has 0 unspecified atom stereocenters. The van der Waals surface area contributed by atoms with Crippen LogP contribution in [-0.2, 0) is 6.42 Å². The van der Waals surface area contributed by atoms with E-state index >= 15 is 0 Å². The normalized spacial score (nSPS) is 11.2. The number of hydrogen-bond acceptors (Lipinski definition) is 3. The molecule has 0 aliphatic rings. The van der Waals surface area contributed by atoms with Crippen LogP contribution >= 0.6 is 0 Å².